The van der Waals surface area contributed by atoms with E-state index >= 15 is 0 Å². The highest BCUT2D eigenvalue weighted by molar-refractivity contribution is 5.80. The molecule has 1 unspecified atom stereocenters. The third-order valence-corrected chi connectivity index (χ3v) is 3.83. The molecule has 0 spiro atoms. The Kier molecular flexibility index (Phi) is 2.38. The molecule has 0 N–H and O–H groups in total. The van der Waals surface area contributed by atoms with Crippen LogP contribution in [-0.2, 0) is 4.79 Å². The Labute approximate surface area is 101 Å². The summed E-state index contributed by atoms with van der Waals surface area (Å²) >= 11 is 0. The Morgan fingerprint density at radius 1 is 1.35 bits per heavy atom. The maximum atomic E-state index is 11.0. The van der Waals surface area contributed by atoms with Crippen LogP contribution in [0.3, 0.4) is 0 Å². The van der Waals surface area contributed by atoms with Crippen LogP contribution in [0.2, 0.25) is 0 Å². The number of benzene rings is 1. The van der Waals surface area contributed by atoms with Gasteiger partial charge in [-0.1, -0.05) is 18.2 Å². The lowest BCUT2D eigenvalue weighted by atomic mass is 9.81. The maximum absolute atomic E-state index is 11.0. The highest BCUT2D eigenvalue weighted by Crippen LogP contribution is 2.39. The van der Waals surface area contributed by atoms with Gasteiger partial charge in [-0.3, -0.25) is 0 Å². The predicted molar refractivity (Wildman–Crippen MR) is 69.7 cm³/mol. The second-order valence-corrected chi connectivity index (χ2v) is 4.76. The van der Waals surface area contributed by atoms with Crippen LogP contribution >= 0.6 is 0 Å². The molecule has 2 aliphatic rings. The lowest BCUT2D eigenvalue weighted by molar-refractivity contribution is 0.550. The molecule has 1 aliphatic carbocycles. The molecule has 0 amide bonds. The van der Waals surface area contributed by atoms with Gasteiger partial charge < -0.3 is 4.90 Å². The molecular formula is C15H15NO. The van der Waals surface area contributed by atoms with Crippen LogP contribution in [0.25, 0.3) is 6.08 Å². The Bertz CT molecular complexity index is 538. The van der Waals surface area contributed by atoms with Crippen LogP contribution in [0.1, 0.15) is 24.8 Å². The first kappa shape index (κ1) is 10.4. The fraction of sp³-hybridized carbons (Fsp3) is 0.333. The van der Waals surface area contributed by atoms with Gasteiger partial charge in [-0.15, -0.1) is 0 Å². The quantitative estimate of drug-likeness (QED) is 0.633. The van der Waals surface area contributed by atoms with E-state index in [9.17, 15) is 4.79 Å². The standard InChI is InChI=1S/C15H15NO/c1-16-14-7-3-2-5-11(14)9-13-12(10-17)6-4-8-15(13)16/h2-3,5,7,9,15H,4,6,8H2,1H3. The zero-order chi connectivity index (χ0) is 11.8. The van der Waals surface area contributed by atoms with Gasteiger partial charge in [0.2, 0.25) is 0 Å². The summed E-state index contributed by atoms with van der Waals surface area (Å²) in [4.78, 5) is 13.3. The molecule has 1 atom stereocenters. The van der Waals surface area contributed by atoms with Crippen LogP contribution in [0.15, 0.2) is 35.4 Å². The van der Waals surface area contributed by atoms with Crippen molar-refractivity contribution in [2.45, 2.75) is 25.3 Å². The van der Waals surface area contributed by atoms with Crippen LogP contribution < -0.4 is 4.90 Å². The number of rotatable bonds is 0. The minimum atomic E-state index is 0.357. The van der Waals surface area contributed by atoms with Gasteiger partial charge in [-0.05, 0) is 42.5 Å². The Morgan fingerprint density at radius 2 is 2.18 bits per heavy atom. The number of likely N-dealkylation sites (N-methyl/N-ethyl adjacent to an activating group) is 1. The highest BCUT2D eigenvalue weighted by atomic mass is 16.1. The second-order valence-electron chi connectivity index (χ2n) is 4.76. The molecule has 0 radical (unpaired) electrons. The summed E-state index contributed by atoms with van der Waals surface area (Å²) in [5, 5.41) is 0. The van der Waals surface area contributed by atoms with Gasteiger partial charge in [0.05, 0.1) is 6.04 Å². The number of nitrogens with zero attached hydrogens (tertiary/aromatic N) is 1. The smallest absolute Gasteiger partial charge is 0.128 e. The van der Waals surface area contributed by atoms with E-state index in [1.807, 2.05) is 6.07 Å². The number of para-hydroxylation sites is 1. The van der Waals surface area contributed by atoms with Crippen LogP contribution in [0.4, 0.5) is 5.69 Å². The Hall–Kier alpha value is -1.79. The topological polar surface area (TPSA) is 20.3 Å². The van der Waals surface area contributed by atoms with Crippen molar-refractivity contribution in [2.24, 2.45) is 0 Å². The van der Waals surface area contributed by atoms with E-state index in [-0.39, 0.29) is 0 Å². The van der Waals surface area contributed by atoms with Crippen molar-refractivity contribution >= 4 is 17.7 Å². The van der Waals surface area contributed by atoms with Crippen molar-refractivity contribution in [1.29, 1.82) is 0 Å². The largest absolute Gasteiger partial charge is 0.367 e. The summed E-state index contributed by atoms with van der Waals surface area (Å²) in [5.41, 5.74) is 4.50. The van der Waals surface area contributed by atoms with Crippen molar-refractivity contribution in [3.05, 3.63) is 41.0 Å². The van der Waals surface area contributed by atoms with E-state index < -0.39 is 0 Å². The predicted octanol–water partition coefficient (Wildman–Crippen LogP) is 2.83. The van der Waals surface area contributed by atoms with Gasteiger partial charge in [0.1, 0.15) is 5.94 Å². The number of hydrogen-bond acceptors (Lipinski definition) is 2. The molecule has 2 heteroatoms. The first-order valence-corrected chi connectivity index (χ1v) is 6.09. The molecule has 86 valence electrons. The molecule has 1 saturated carbocycles. The summed E-state index contributed by atoms with van der Waals surface area (Å²) < 4.78 is 0. The third-order valence-electron chi connectivity index (χ3n) is 3.83. The molecule has 1 aromatic carbocycles. The molecule has 0 bridgehead atoms. The lowest BCUT2D eigenvalue weighted by Crippen LogP contribution is -2.38. The van der Waals surface area contributed by atoms with Crippen molar-refractivity contribution in [1.82, 2.24) is 0 Å². The molecule has 0 saturated heterocycles. The van der Waals surface area contributed by atoms with Gasteiger partial charge in [0.25, 0.3) is 0 Å². The third kappa shape index (κ3) is 1.53. The summed E-state index contributed by atoms with van der Waals surface area (Å²) in [6, 6.07) is 8.70. The minimum absolute atomic E-state index is 0.357. The molecule has 0 aromatic heterocycles. The highest BCUT2D eigenvalue weighted by Gasteiger charge is 2.30. The van der Waals surface area contributed by atoms with Crippen molar-refractivity contribution < 1.29 is 4.79 Å². The summed E-state index contributed by atoms with van der Waals surface area (Å²) in [6.07, 6.45) is 5.25. The zero-order valence-electron chi connectivity index (χ0n) is 9.94. The molecule has 1 heterocycles. The van der Waals surface area contributed by atoms with Crippen molar-refractivity contribution in [2.75, 3.05) is 11.9 Å². The fourth-order valence-corrected chi connectivity index (χ4v) is 2.93. The molecule has 3 rings (SSSR count). The van der Waals surface area contributed by atoms with Gasteiger partial charge >= 0.3 is 0 Å². The molecule has 1 aromatic rings. The minimum Gasteiger partial charge on any atom is -0.367 e. The Morgan fingerprint density at radius 3 is 3.00 bits per heavy atom. The first-order valence-electron chi connectivity index (χ1n) is 6.09. The van der Waals surface area contributed by atoms with Crippen molar-refractivity contribution in [3.63, 3.8) is 0 Å². The van der Waals surface area contributed by atoms with Gasteiger partial charge in [-0.25, -0.2) is 4.79 Å². The SMILES string of the molecule is CN1c2ccccc2C=C2C(=C=O)CCCC21. The summed E-state index contributed by atoms with van der Waals surface area (Å²) in [5.74, 6) is 2.13. The van der Waals surface area contributed by atoms with E-state index in [1.54, 1.807) is 0 Å². The number of carbonyl (C=O) groups excluding carboxylic acids is 1. The Balaban J connectivity index is 2.17. The normalized spacial score (nSPS) is 22.4. The second kappa shape index (κ2) is 3.90. The maximum Gasteiger partial charge on any atom is 0.128 e. The van der Waals surface area contributed by atoms with E-state index in [1.165, 1.54) is 16.8 Å². The zero-order valence-corrected chi connectivity index (χ0v) is 9.94. The van der Waals surface area contributed by atoms with E-state index in [2.05, 4.69) is 42.2 Å². The summed E-state index contributed by atoms with van der Waals surface area (Å²) in [7, 11) is 2.12. The number of fused-ring (bicyclic) bond motifs is 2. The van der Waals surface area contributed by atoms with E-state index in [0.29, 0.717) is 6.04 Å². The van der Waals surface area contributed by atoms with E-state index in [0.717, 1.165) is 24.8 Å². The van der Waals surface area contributed by atoms with Gasteiger partial charge in [-0.2, -0.15) is 0 Å². The molecular weight excluding hydrogens is 210 g/mol. The monoisotopic (exact) mass is 225 g/mol. The van der Waals surface area contributed by atoms with Crippen LogP contribution in [0.5, 0.6) is 0 Å². The fourth-order valence-electron chi connectivity index (χ4n) is 2.93. The lowest BCUT2D eigenvalue weighted by Gasteiger charge is -2.39. The number of hydrogen-bond donors (Lipinski definition) is 0. The molecule has 2 nitrogen and oxygen atoms in total. The van der Waals surface area contributed by atoms with Gasteiger partial charge in [0.15, 0.2) is 0 Å². The van der Waals surface area contributed by atoms with Crippen LogP contribution in [-0.4, -0.2) is 19.0 Å². The summed E-state index contributed by atoms with van der Waals surface area (Å²) in [6.45, 7) is 0. The van der Waals surface area contributed by atoms with Gasteiger partial charge in [0, 0.05) is 18.3 Å². The number of anilines is 1. The average molecular weight is 225 g/mol. The average Bonchev–Trinajstić information content (AvgIpc) is 2.38. The molecule has 1 fully saturated rings. The molecule has 17 heavy (non-hydrogen) atoms. The van der Waals surface area contributed by atoms with E-state index in [4.69, 9.17) is 0 Å². The first-order chi connectivity index (χ1) is 8.31. The molecule has 1 aliphatic heterocycles. The van der Waals surface area contributed by atoms with Crippen molar-refractivity contribution in [3.8, 4) is 0 Å². The van der Waals surface area contributed by atoms with Crippen LogP contribution in [0, 0.1) is 0 Å².